The molecule has 2 aliphatic heterocycles. The van der Waals surface area contributed by atoms with Gasteiger partial charge >= 0.3 is 0 Å². The molecule has 0 saturated carbocycles. The van der Waals surface area contributed by atoms with Crippen molar-refractivity contribution < 1.29 is 9.59 Å². The van der Waals surface area contributed by atoms with Crippen LogP contribution in [0.5, 0.6) is 0 Å². The Morgan fingerprint density at radius 3 is 1.78 bits per heavy atom. The molecule has 2 saturated heterocycles. The first kappa shape index (κ1) is 21.1. The van der Waals surface area contributed by atoms with E-state index in [4.69, 9.17) is 11.6 Å². The Balaban J connectivity index is 0.000000159. The molecule has 2 aromatic heterocycles. The number of piperidine rings is 2. The maximum atomic E-state index is 11.7. The predicted molar refractivity (Wildman–Crippen MR) is 104 cm³/mol. The number of nitrogens with zero attached hydrogens (tertiary/aromatic N) is 3. The van der Waals surface area contributed by atoms with Gasteiger partial charge in [-0.1, -0.05) is 6.42 Å². The smallest absolute Gasteiger partial charge is 0.257 e. The molecule has 4 heterocycles. The zero-order chi connectivity index (χ0) is 19.3. The highest BCUT2D eigenvalue weighted by molar-refractivity contribution is 6.67. The number of halogens is 1. The van der Waals surface area contributed by atoms with Crippen LogP contribution >= 0.6 is 11.6 Å². The highest BCUT2D eigenvalue weighted by Crippen LogP contribution is 2.11. The number of aromatic amines is 2. The minimum atomic E-state index is -0.487. The number of carbonyl (C=O) groups excluding carboxylic acids is 2. The Morgan fingerprint density at radius 2 is 1.41 bits per heavy atom. The third-order valence-electron chi connectivity index (χ3n) is 4.32. The number of rotatable bonds is 2. The Kier molecular flexibility index (Phi) is 9.57. The monoisotopic (exact) mass is 394 g/mol. The van der Waals surface area contributed by atoms with Gasteiger partial charge in [0, 0.05) is 25.5 Å². The number of hydrogen-bond acceptors (Lipinski definition) is 5. The number of carbonyl (C=O) groups is 2. The Morgan fingerprint density at radius 1 is 0.852 bits per heavy atom. The van der Waals surface area contributed by atoms with Gasteiger partial charge in [0.05, 0.1) is 23.5 Å². The minimum absolute atomic E-state index is 0.105. The summed E-state index contributed by atoms with van der Waals surface area (Å²) in [6.07, 6.45) is 13.8. The van der Waals surface area contributed by atoms with Crippen molar-refractivity contribution in [1.82, 2.24) is 30.6 Å². The molecule has 0 radical (unpaired) electrons. The van der Waals surface area contributed by atoms with Crippen LogP contribution in [0, 0.1) is 0 Å². The second-order valence-electron chi connectivity index (χ2n) is 6.41. The third kappa shape index (κ3) is 7.92. The van der Waals surface area contributed by atoms with Gasteiger partial charge in [0.15, 0.2) is 0 Å². The summed E-state index contributed by atoms with van der Waals surface area (Å²) in [7, 11) is 0. The molecule has 0 spiro atoms. The van der Waals surface area contributed by atoms with E-state index in [-0.39, 0.29) is 5.91 Å². The lowest BCUT2D eigenvalue weighted by atomic mass is 10.1. The average molecular weight is 395 g/mol. The van der Waals surface area contributed by atoms with Crippen LogP contribution in [0.3, 0.4) is 0 Å². The van der Waals surface area contributed by atoms with Crippen molar-refractivity contribution in [2.24, 2.45) is 0 Å². The van der Waals surface area contributed by atoms with Crippen LogP contribution in [0.15, 0.2) is 24.8 Å². The molecule has 0 aromatic carbocycles. The third-order valence-corrected chi connectivity index (χ3v) is 4.54. The van der Waals surface area contributed by atoms with Crippen LogP contribution in [-0.4, -0.2) is 62.6 Å². The highest BCUT2D eigenvalue weighted by atomic mass is 35.5. The molecule has 0 atom stereocenters. The van der Waals surface area contributed by atoms with Gasteiger partial charge in [-0.25, -0.2) is 0 Å². The second kappa shape index (κ2) is 12.2. The first-order valence-electron chi connectivity index (χ1n) is 9.36. The van der Waals surface area contributed by atoms with Crippen LogP contribution in [0.25, 0.3) is 0 Å². The lowest BCUT2D eigenvalue weighted by molar-refractivity contribution is 0.0724. The van der Waals surface area contributed by atoms with Gasteiger partial charge in [0.1, 0.15) is 0 Å². The van der Waals surface area contributed by atoms with E-state index in [1.165, 1.54) is 51.2 Å². The number of hydrogen-bond donors (Lipinski definition) is 3. The van der Waals surface area contributed by atoms with Crippen LogP contribution < -0.4 is 5.32 Å². The van der Waals surface area contributed by atoms with Crippen molar-refractivity contribution in [2.45, 2.75) is 38.5 Å². The maximum absolute atomic E-state index is 11.7. The van der Waals surface area contributed by atoms with Gasteiger partial charge in [-0.15, -0.1) is 0 Å². The van der Waals surface area contributed by atoms with E-state index < -0.39 is 5.24 Å². The SMILES string of the molecule is C1CCNCC1.O=C(Cl)c1cn[nH]c1.O=C(c1cn[nH]c1)N1CCCCC1. The summed E-state index contributed by atoms with van der Waals surface area (Å²) in [6, 6.07) is 0. The molecule has 0 unspecified atom stereocenters. The van der Waals surface area contributed by atoms with Crippen LogP contribution in [-0.2, 0) is 0 Å². The van der Waals surface area contributed by atoms with Crippen LogP contribution in [0.1, 0.15) is 59.2 Å². The van der Waals surface area contributed by atoms with Crippen LogP contribution in [0.4, 0.5) is 0 Å². The molecule has 2 aromatic rings. The Bertz CT molecular complexity index is 638. The quantitative estimate of drug-likeness (QED) is 0.678. The molecule has 4 rings (SSSR count). The fraction of sp³-hybridized carbons (Fsp3) is 0.556. The molecule has 27 heavy (non-hydrogen) atoms. The van der Waals surface area contributed by atoms with Crippen molar-refractivity contribution >= 4 is 22.8 Å². The lowest BCUT2D eigenvalue weighted by Crippen LogP contribution is -2.35. The molecule has 2 fully saturated rings. The topological polar surface area (TPSA) is 107 Å². The molecule has 9 heteroatoms. The van der Waals surface area contributed by atoms with Crippen molar-refractivity contribution in [3.8, 4) is 0 Å². The molecule has 2 aliphatic rings. The fourth-order valence-corrected chi connectivity index (χ4v) is 2.91. The molecule has 0 aliphatic carbocycles. The molecular formula is C18H27ClN6O2. The largest absolute Gasteiger partial charge is 0.339 e. The van der Waals surface area contributed by atoms with Gasteiger partial charge < -0.3 is 10.2 Å². The summed E-state index contributed by atoms with van der Waals surface area (Å²) in [6.45, 7) is 4.29. The van der Waals surface area contributed by atoms with E-state index >= 15 is 0 Å². The van der Waals surface area contributed by atoms with Gasteiger partial charge in [0.25, 0.3) is 11.1 Å². The van der Waals surface area contributed by atoms with Crippen molar-refractivity contribution in [1.29, 1.82) is 0 Å². The first-order chi connectivity index (χ1) is 13.2. The standard InChI is InChI=1S/C9H13N3O.C5H11N.C4H3ClN2O/c13-9(8-6-10-11-7-8)12-4-2-1-3-5-12;1-2-4-6-5-3-1;5-4(8)3-1-6-7-2-3/h6-7H,1-5H2,(H,10,11);6H,1-5H2;1-2H,(H,6,7). The van der Waals surface area contributed by atoms with E-state index in [1.54, 1.807) is 12.4 Å². The summed E-state index contributed by atoms with van der Waals surface area (Å²) in [5.74, 6) is 0.105. The van der Waals surface area contributed by atoms with Crippen LogP contribution in [0.2, 0.25) is 0 Å². The molecule has 8 nitrogen and oxygen atoms in total. The average Bonchev–Trinajstić information content (AvgIpc) is 3.45. The Labute approximate surface area is 164 Å². The summed E-state index contributed by atoms with van der Waals surface area (Å²) in [5.41, 5.74) is 1.06. The summed E-state index contributed by atoms with van der Waals surface area (Å²) in [5, 5.41) is 15.2. The molecular weight excluding hydrogens is 368 g/mol. The molecule has 148 valence electrons. The first-order valence-corrected chi connectivity index (χ1v) is 9.73. The summed E-state index contributed by atoms with van der Waals surface area (Å²) in [4.78, 5) is 23.8. The van der Waals surface area contributed by atoms with Crippen molar-refractivity contribution in [3.05, 3.63) is 35.9 Å². The number of nitrogens with one attached hydrogen (secondary N) is 3. The number of likely N-dealkylation sites (tertiary alicyclic amines) is 1. The number of H-pyrrole nitrogens is 2. The maximum Gasteiger partial charge on any atom is 0.257 e. The van der Waals surface area contributed by atoms with Gasteiger partial charge in [-0.3, -0.25) is 19.8 Å². The zero-order valence-corrected chi connectivity index (χ0v) is 16.2. The van der Waals surface area contributed by atoms with Crippen molar-refractivity contribution in [3.63, 3.8) is 0 Å². The van der Waals surface area contributed by atoms with E-state index in [1.807, 2.05) is 4.90 Å². The number of aromatic nitrogens is 4. The predicted octanol–water partition coefficient (Wildman–Crippen LogP) is 2.58. The molecule has 0 bridgehead atoms. The summed E-state index contributed by atoms with van der Waals surface area (Å²) >= 11 is 5.05. The molecule has 1 amide bonds. The molecule has 3 N–H and O–H groups in total. The van der Waals surface area contributed by atoms with Gasteiger partial charge in [0.2, 0.25) is 0 Å². The van der Waals surface area contributed by atoms with E-state index in [9.17, 15) is 9.59 Å². The second-order valence-corrected chi connectivity index (χ2v) is 6.75. The lowest BCUT2D eigenvalue weighted by Gasteiger charge is -2.26. The van der Waals surface area contributed by atoms with Crippen molar-refractivity contribution in [2.75, 3.05) is 26.2 Å². The Hall–Kier alpha value is -2.19. The normalized spacial score (nSPS) is 16.4. The van der Waals surface area contributed by atoms with E-state index in [2.05, 4.69) is 25.7 Å². The van der Waals surface area contributed by atoms with Gasteiger partial charge in [-0.2, -0.15) is 10.2 Å². The minimum Gasteiger partial charge on any atom is -0.339 e. The van der Waals surface area contributed by atoms with E-state index in [0.717, 1.165) is 25.9 Å². The van der Waals surface area contributed by atoms with E-state index in [0.29, 0.717) is 11.1 Å². The highest BCUT2D eigenvalue weighted by Gasteiger charge is 2.18. The number of amides is 1. The van der Waals surface area contributed by atoms with Gasteiger partial charge in [-0.05, 0) is 56.8 Å². The zero-order valence-electron chi connectivity index (χ0n) is 15.4. The summed E-state index contributed by atoms with van der Waals surface area (Å²) < 4.78 is 0. The fourth-order valence-electron chi connectivity index (χ4n) is 2.81.